The quantitative estimate of drug-likeness (QED) is 0.578. The molecule has 1 atom stereocenters. The Morgan fingerprint density at radius 3 is 3.04 bits per heavy atom. The van der Waals surface area contributed by atoms with Crippen molar-refractivity contribution >= 4 is 46.2 Å². The smallest absolute Gasteiger partial charge is 0.266 e. The molecule has 0 radical (unpaired) electrons. The highest BCUT2D eigenvalue weighted by Gasteiger charge is 2.33. The van der Waals surface area contributed by atoms with Crippen molar-refractivity contribution in [2.24, 2.45) is 0 Å². The molecule has 134 valence electrons. The van der Waals surface area contributed by atoms with Crippen LogP contribution in [-0.2, 0) is 9.59 Å². The van der Waals surface area contributed by atoms with Crippen molar-refractivity contribution < 1.29 is 14.0 Å². The molecule has 2 aliphatic heterocycles. The zero-order chi connectivity index (χ0) is 17.8. The van der Waals surface area contributed by atoms with Crippen LogP contribution in [0.25, 0.3) is 6.08 Å². The third kappa shape index (κ3) is 4.15. The van der Waals surface area contributed by atoms with Crippen LogP contribution in [0.2, 0.25) is 0 Å². The minimum atomic E-state index is -0.148. The summed E-state index contributed by atoms with van der Waals surface area (Å²) in [4.78, 5) is 29.2. The summed E-state index contributed by atoms with van der Waals surface area (Å²) in [5.74, 6) is 0.594. The fourth-order valence-electron chi connectivity index (χ4n) is 3.30. The molecule has 0 N–H and O–H groups in total. The maximum Gasteiger partial charge on any atom is 0.266 e. The van der Waals surface area contributed by atoms with E-state index in [9.17, 15) is 9.59 Å². The van der Waals surface area contributed by atoms with Gasteiger partial charge < -0.3 is 9.32 Å². The van der Waals surface area contributed by atoms with E-state index in [1.54, 1.807) is 24.5 Å². The third-order valence-electron chi connectivity index (χ3n) is 4.66. The Morgan fingerprint density at radius 2 is 2.32 bits per heavy atom. The number of amides is 2. The number of thiocarbonyl (C=S) groups is 1. The molecule has 25 heavy (non-hydrogen) atoms. The molecule has 2 amide bonds. The topological polar surface area (TPSA) is 53.8 Å². The van der Waals surface area contributed by atoms with Crippen LogP contribution in [0.3, 0.4) is 0 Å². The molecule has 1 aromatic heterocycles. The zero-order valence-corrected chi connectivity index (χ0v) is 15.9. The Kier molecular flexibility index (Phi) is 5.96. The molecule has 3 heterocycles. The molecule has 7 heteroatoms. The Labute approximate surface area is 157 Å². The van der Waals surface area contributed by atoms with E-state index in [0.29, 0.717) is 34.0 Å². The van der Waals surface area contributed by atoms with E-state index in [4.69, 9.17) is 16.6 Å². The van der Waals surface area contributed by atoms with Gasteiger partial charge in [0.2, 0.25) is 5.91 Å². The Balaban J connectivity index is 1.60. The highest BCUT2D eigenvalue weighted by atomic mass is 32.2. The fraction of sp³-hybridized carbons (Fsp3) is 0.500. The molecule has 3 rings (SSSR count). The Bertz CT molecular complexity index is 685. The van der Waals surface area contributed by atoms with Crippen molar-refractivity contribution in [1.29, 1.82) is 0 Å². The van der Waals surface area contributed by atoms with Crippen LogP contribution in [0, 0.1) is 0 Å². The maximum atomic E-state index is 12.6. The van der Waals surface area contributed by atoms with Crippen LogP contribution in [-0.4, -0.2) is 45.1 Å². The summed E-state index contributed by atoms with van der Waals surface area (Å²) in [6, 6.07) is 3.90. The summed E-state index contributed by atoms with van der Waals surface area (Å²) in [5.41, 5.74) is 0. The van der Waals surface area contributed by atoms with Gasteiger partial charge in [-0.25, -0.2) is 0 Å². The molecule has 0 bridgehead atoms. The van der Waals surface area contributed by atoms with Crippen LogP contribution in [0.4, 0.5) is 0 Å². The van der Waals surface area contributed by atoms with E-state index in [1.807, 2.05) is 4.90 Å². The highest BCUT2D eigenvalue weighted by molar-refractivity contribution is 8.26. The third-order valence-corrected chi connectivity index (χ3v) is 6.04. The first-order valence-electron chi connectivity index (χ1n) is 8.68. The van der Waals surface area contributed by atoms with Crippen molar-refractivity contribution in [2.75, 3.05) is 13.1 Å². The van der Waals surface area contributed by atoms with E-state index in [1.165, 1.54) is 23.1 Å². The van der Waals surface area contributed by atoms with Gasteiger partial charge in [0.15, 0.2) is 0 Å². The zero-order valence-electron chi connectivity index (χ0n) is 14.3. The van der Waals surface area contributed by atoms with E-state index in [0.717, 1.165) is 25.8 Å². The number of likely N-dealkylation sites (tertiary alicyclic amines) is 1. The van der Waals surface area contributed by atoms with Gasteiger partial charge in [0.25, 0.3) is 5.91 Å². The van der Waals surface area contributed by atoms with Gasteiger partial charge in [-0.15, -0.1) is 0 Å². The molecule has 2 aliphatic rings. The molecule has 2 fully saturated rings. The largest absolute Gasteiger partial charge is 0.465 e. The van der Waals surface area contributed by atoms with Crippen LogP contribution in [0.1, 0.15) is 44.8 Å². The monoisotopic (exact) mass is 378 g/mol. The van der Waals surface area contributed by atoms with Crippen molar-refractivity contribution in [3.05, 3.63) is 29.1 Å². The number of thioether (sulfide) groups is 1. The Morgan fingerprint density at radius 1 is 1.48 bits per heavy atom. The molecule has 1 aromatic rings. The van der Waals surface area contributed by atoms with E-state index < -0.39 is 0 Å². The number of hydrogen-bond acceptors (Lipinski definition) is 5. The summed E-state index contributed by atoms with van der Waals surface area (Å²) in [6.07, 6.45) is 7.89. The van der Waals surface area contributed by atoms with Crippen molar-refractivity contribution in [3.63, 3.8) is 0 Å². The van der Waals surface area contributed by atoms with Crippen LogP contribution < -0.4 is 0 Å². The van der Waals surface area contributed by atoms with Gasteiger partial charge in [-0.05, 0) is 37.8 Å². The average Bonchev–Trinajstić information content (AvgIpc) is 3.22. The molecule has 0 saturated carbocycles. The van der Waals surface area contributed by atoms with Crippen LogP contribution in [0.15, 0.2) is 27.7 Å². The molecule has 0 spiro atoms. The van der Waals surface area contributed by atoms with Gasteiger partial charge in [0.1, 0.15) is 10.1 Å². The molecular weight excluding hydrogens is 356 g/mol. The lowest BCUT2D eigenvalue weighted by Gasteiger charge is -2.35. The highest BCUT2D eigenvalue weighted by Crippen LogP contribution is 2.32. The summed E-state index contributed by atoms with van der Waals surface area (Å²) in [7, 11) is 0. The normalized spacial score (nSPS) is 22.9. The summed E-state index contributed by atoms with van der Waals surface area (Å²) in [6.45, 7) is 3.29. The number of furan rings is 1. The van der Waals surface area contributed by atoms with Crippen LogP contribution >= 0.6 is 24.0 Å². The summed E-state index contributed by atoms with van der Waals surface area (Å²) < 4.78 is 5.75. The second kappa shape index (κ2) is 8.19. The number of rotatable bonds is 5. The number of nitrogens with zero attached hydrogens (tertiary/aromatic N) is 2. The van der Waals surface area contributed by atoms with Crippen molar-refractivity contribution in [1.82, 2.24) is 9.80 Å². The molecule has 0 aliphatic carbocycles. The van der Waals surface area contributed by atoms with Gasteiger partial charge in [-0.3, -0.25) is 14.5 Å². The van der Waals surface area contributed by atoms with E-state index >= 15 is 0 Å². The van der Waals surface area contributed by atoms with E-state index in [2.05, 4.69) is 6.92 Å². The van der Waals surface area contributed by atoms with E-state index in [-0.39, 0.29) is 11.8 Å². The predicted molar refractivity (Wildman–Crippen MR) is 103 cm³/mol. The molecule has 5 nitrogen and oxygen atoms in total. The van der Waals surface area contributed by atoms with Crippen LogP contribution in [0.5, 0.6) is 0 Å². The molecule has 0 unspecified atom stereocenters. The first kappa shape index (κ1) is 18.2. The standard InChI is InChI=1S/C18H22N2O3S2/c1-2-13-6-3-4-9-19(13)16(21)8-10-20-17(22)15(25-18(20)24)12-14-7-5-11-23-14/h5,7,11-13H,2-4,6,8-10H2,1H3/t13-/m1/s1. The second-order valence-electron chi connectivity index (χ2n) is 6.24. The Hall–Kier alpha value is -1.60. The SMILES string of the molecule is CC[C@@H]1CCCCN1C(=O)CCN1C(=O)C(=Cc2ccco2)SC1=S. The molecule has 0 aromatic carbocycles. The van der Waals surface area contributed by atoms with Gasteiger partial charge in [-0.1, -0.05) is 30.9 Å². The predicted octanol–water partition coefficient (Wildman–Crippen LogP) is 3.66. The van der Waals surface area contributed by atoms with Gasteiger partial charge in [0, 0.05) is 31.6 Å². The number of carbonyl (C=O) groups is 2. The maximum absolute atomic E-state index is 12.6. The minimum absolute atomic E-state index is 0.121. The summed E-state index contributed by atoms with van der Waals surface area (Å²) in [5, 5.41) is 0. The second-order valence-corrected chi connectivity index (χ2v) is 7.92. The lowest BCUT2D eigenvalue weighted by Crippen LogP contribution is -2.44. The lowest BCUT2D eigenvalue weighted by atomic mass is 9.99. The van der Waals surface area contributed by atoms with Gasteiger partial charge >= 0.3 is 0 Å². The summed E-state index contributed by atoms with van der Waals surface area (Å²) >= 11 is 6.57. The minimum Gasteiger partial charge on any atom is -0.465 e. The fourth-order valence-corrected chi connectivity index (χ4v) is 4.59. The molecular formula is C18H22N2O3S2. The van der Waals surface area contributed by atoms with Crippen molar-refractivity contribution in [3.8, 4) is 0 Å². The number of piperidine rings is 1. The number of carbonyl (C=O) groups excluding carboxylic acids is 2. The first-order chi connectivity index (χ1) is 12.1. The first-order valence-corrected chi connectivity index (χ1v) is 9.91. The van der Waals surface area contributed by atoms with Crippen molar-refractivity contribution in [2.45, 2.75) is 45.1 Å². The number of hydrogen-bond donors (Lipinski definition) is 0. The molecule has 2 saturated heterocycles. The average molecular weight is 379 g/mol. The van der Waals surface area contributed by atoms with Gasteiger partial charge in [0.05, 0.1) is 11.2 Å². The lowest BCUT2D eigenvalue weighted by molar-refractivity contribution is -0.135. The van der Waals surface area contributed by atoms with Gasteiger partial charge in [-0.2, -0.15) is 0 Å².